The summed E-state index contributed by atoms with van der Waals surface area (Å²) in [5.74, 6) is 1.27. The number of aryl methyl sites for hydroxylation is 2. The number of para-hydroxylation sites is 2. The zero-order valence-electron chi connectivity index (χ0n) is 21.9. The molecule has 1 fully saturated rings. The van der Waals surface area contributed by atoms with Crippen LogP contribution in [0.2, 0.25) is 0 Å². The molecule has 5 aromatic rings. The third kappa shape index (κ3) is 5.22. The van der Waals surface area contributed by atoms with Gasteiger partial charge in [-0.15, -0.1) is 0 Å². The van der Waals surface area contributed by atoms with Crippen molar-refractivity contribution in [3.05, 3.63) is 105 Å². The van der Waals surface area contributed by atoms with Gasteiger partial charge in [0, 0.05) is 42.6 Å². The lowest BCUT2D eigenvalue weighted by atomic mass is 10.0. The molecule has 0 aliphatic carbocycles. The molecule has 6 rings (SSSR count). The Bertz CT molecular complexity index is 1690. The third-order valence-corrected chi connectivity index (χ3v) is 7.94. The fourth-order valence-corrected chi connectivity index (χ4v) is 5.69. The van der Waals surface area contributed by atoms with Crippen LogP contribution in [0.15, 0.2) is 71.5 Å². The van der Waals surface area contributed by atoms with E-state index in [2.05, 4.69) is 45.5 Å². The van der Waals surface area contributed by atoms with E-state index >= 15 is 0 Å². The summed E-state index contributed by atoms with van der Waals surface area (Å²) in [4.78, 5) is 35.3. The van der Waals surface area contributed by atoms with E-state index in [0.29, 0.717) is 41.8 Å². The summed E-state index contributed by atoms with van der Waals surface area (Å²) in [6.45, 7) is 5.17. The van der Waals surface area contributed by atoms with Crippen LogP contribution in [0.25, 0.3) is 11.0 Å². The van der Waals surface area contributed by atoms with E-state index in [1.165, 1.54) is 17.1 Å². The molecule has 9 heteroatoms. The second kappa shape index (κ2) is 10.5. The maximum Gasteiger partial charge on any atom is 0.326 e. The van der Waals surface area contributed by atoms with Crippen molar-refractivity contribution in [2.45, 2.75) is 39.2 Å². The van der Waals surface area contributed by atoms with E-state index in [9.17, 15) is 9.59 Å². The number of hydrogen-bond acceptors (Lipinski definition) is 6. The van der Waals surface area contributed by atoms with E-state index in [1.54, 1.807) is 6.07 Å². The maximum atomic E-state index is 13.4. The monoisotopic (exact) mass is 539 g/mol. The molecule has 0 atom stereocenters. The summed E-state index contributed by atoms with van der Waals surface area (Å²) in [7, 11) is 0. The van der Waals surface area contributed by atoms with E-state index in [-0.39, 0.29) is 17.6 Å². The van der Waals surface area contributed by atoms with Gasteiger partial charge >= 0.3 is 5.69 Å². The van der Waals surface area contributed by atoms with E-state index < -0.39 is 0 Å². The molecular formula is C30H29N5O3S. The van der Waals surface area contributed by atoms with Crippen LogP contribution in [0.4, 0.5) is 0 Å². The van der Waals surface area contributed by atoms with Gasteiger partial charge in [0.05, 0.1) is 11.0 Å². The van der Waals surface area contributed by atoms with Gasteiger partial charge in [-0.1, -0.05) is 48.0 Å². The van der Waals surface area contributed by atoms with E-state index in [1.807, 2.05) is 52.8 Å². The number of H-pyrrole nitrogens is 1. The van der Waals surface area contributed by atoms with Gasteiger partial charge in [0.25, 0.3) is 11.1 Å². The molecule has 0 bridgehead atoms. The molecule has 39 heavy (non-hydrogen) atoms. The molecule has 3 heterocycles. The third-order valence-electron chi connectivity index (χ3n) is 7.31. The van der Waals surface area contributed by atoms with Crippen molar-refractivity contribution in [1.29, 1.82) is 0 Å². The molecule has 0 radical (unpaired) electrons. The fourth-order valence-electron chi connectivity index (χ4n) is 5.12. The second-order valence-corrected chi connectivity index (χ2v) is 10.8. The van der Waals surface area contributed by atoms with E-state index in [0.717, 1.165) is 35.0 Å². The van der Waals surface area contributed by atoms with Gasteiger partial charge < -0.3 is 14.6 Å². The Morgan fingerprint density at radius 3 is 2.62 bits per heavy atom. The molecule has 0 unspecified atom stereocenters. The Kier molecular flexibility index (Phi) is 6.74. The van der Waals surface area contributed by atoms with Gasteiger partial charge in [0.2, 0.25) is 0 Å². The number of benzene rings is 3. The number of hydrogen-bond donors (Lipinski definition) is 1. The summed E-state index contributed by atoms with van der Waals surface area (Å²) in [5, 5.41) is 0.454. The lowest BCUT2D eigenvalue weighted by Crippen LogP contribution is -2.40. The number of likely N-dealkylation sites (tertiary alicyclic amines) is 1. The number of imidazole rings is 1. The summed E-state index contributed by atoms with van der Waals surface area (Å²) in [6, 6.07) is 21.6. The van der Waals surface area contributed by atoms with Crippen molar-refractivity contribution >= 4 is 28.5 Å². The molecule has 0 saturated carbocycles. The first-order chi connectivity index (χ1) is 18.9. The first-order valence-electron chi connectivity index (χ1n) is 13.1. The molecule has 1 aliphatic rings. The number of carbonyl (C=O) groups is 1. The van der Waals surface area contributed by atoms with Crippen LogP contribution < -0.4 is 10.4 Å². The Hall–Kier alpha value is -4.24. The minimum Gasteiger partial charge on any atom is -0.430 e. The molecule has 2 aromatic heterocycles. The highest BCUT2D eigenvalue weighted by molar-refractivity contribution is 7.07. The Morgan fingerprint density at radius 2 is 1.82 bits per heavy atom. The first-order valence-corrected chi connectivity index (χ1v) is 13.9. The van der Waals surface area contributed by atoms with Crippen LogP contribution in [0.5, 0.6) is 10.9 Å². The Balaban J connectivity index is 1.12. The number of aromatic nitrogens is 4. The number of ether oxygens (including phenoxy) is 1. The van der Waals surface area contributed by atoms with Crippen LogP contribution in [0.3, 0.4) is 0 Å². The van der Waals surface area contributed by atoms with Gasteiger partial charge in [-0.25, -0.2) is 4.79 Å². The number of carbonyl (C=O) groups excluding carboxylic acids is 1. The highest BCUT2D eigenvalue weighted by Gasteiger charge is 2.27. The summed E-state index contributed by atoms with van der Waals surface area (Å²) < 4.78 is 12.4. The highest BCUT2D eigenvalue weighted by atomic mass is 32.1. The van der Waals surface area contributed by atoms with Crippen LogP contribution in [0, 0.1) is 13.8 Å². The summed E-state index contributed by atoms with van der Waals surface area (Å²) >= 11 is 1.21. The molecule has 3 aromatic carbocycles. The quantitative estimate of drug-likeness (QED) is 0.301. The molecule has 1 saturated heterocycles. The number of fused-ring (bicyclic) bond motifs is 1. The molecule has 198 valence electrons. The predicted molar refractivity (Wildman–Crippen MR) is 152 cm³/mol. The van der Waals surface area contributed by atoms with Gasteiger partial charge in [0.15, 0.2) is 5.82 Å². The normalized spacial score (nSPS) is 14.2. The number of nitrogens with one attached hydrogen (secondary N) is 1. The van der Waals surface area contributed by atoms with Crippen LogP contribution in [-0.2, 0) is 6.42 Å². The molecule has 8 nitrogen and oxygen atoms in total. The number of piperidine rings is 1. The van der Waals surface area contributed by atoms with Crippen molar-refractivity contribution < 1.29 is 9.53 Å². The predicted octanol–water partition coefficient (Wildman–Crippen LogP) is 5.66. The average molecular weight is 540 g/mol. The largest absolute Gasteiger partial charge is 0.430 e. The van der Waals surface area contributed by atoms with Crippen LogP contribution in [-0.4, -0.2) is 42.8 Å². The van der Waals surface area contributed by atoms with Crippen molar-refractivity contribution in [3.63, 3.8) is 0 Å². The van der Waals surface area contributed by atoms with Crippen LogP contribution >= 0.6 is 11.5 Å². The minimum absolute atomic E-state index is 0.0399. The zero-order chi connectivity index (χ0) is 26.9. The van der Waals surface area contributed by atoms with Crippen molar-refractivity contribution in [1.82, 2.24) is 23.8 Å². The van der Waals surface area contributed by atoms with E-state index in [4.69, 9.17) is 4.74 Å². The number of amides is 1. The van der Waals surface area contributed by atoms with Crippen molar-refractivity contribution in [3.8, 4) is 10.9 Å². The van der Waals surface area contributed by atoms with Crippen molar-refractivity contribution in [2.75, 3.05) is 13.1 Å². The van der Waals surface area contributed by atoms with Gasteiger partial charge in [0.1, 0.15) is 5.75 Å². The molecule has 1 aliphatic heterocycles. The first kappa shape index (κ1) is 25.1. The fraction of sp³-hybridized carbons (Fsp3) is 0.267. The SMILES string of the molecule is Cc1ccc(Cc2nsc(Oc3cc(C(=O)N4CCC(n5c(=O)[nH]c6ccccc65)CC4)ccc3C)n2)cc1. The number of nitrogens with zero attached hydrogens (tertiary/aromatic N) is 4. The Labute approximate surface area is 230 Å². The smallest absolute Gasteiger partial charge is 0.326 e. The lowest BCUT2D eigenvalue weighted by Gasteiger charge is -2.32. The van der Waals surface area contributed by atoms with Crippen molar-refractivity contribution in [2.24, 2.45) is 0 Å². The van der Waals surface area contributed by atoms with Gasteiger partial charge in [-0.05, 0) is 62.1 Å². The number of rotatable bonds is 6. The van der Waals surface area contributed by atoms with Gasteiger partial charge in [-0.2, -0.15) is 9.36 Å². The zero-order valence-corrected chi connectivity index (χ0v) is 22.7. The second-order valence-electron chi connectivity index (χ2n) is 10.1. The highest BCUT2D eigenvalue weighted by Crippen LogP contribution is 2.30. The standard InChI is InChI=1S/C30H29N5O3S/c1-19-7-10-21(11-8-19)17-27-32-30(39-33-27)38-26-18-22(12-9-20(26)2)28(36)34-15-13-23(14-16-34)35-25-6-4-3-5-24(25)31-29(35)37/h3-12,18,23H,13-17H2,1-2H3,(H,31,37). The van der Waals surface area contributed by atoms with Crippen LogP contribution in [0.1, 0.15) is 51.8 Å². The molecule has 1 N–H and O–H groups in total. The minimum atomic E-state index is -0.0972. The average Bonchev–Trinajstić information content (AvgIpc) is 3.53. The Morgan fingerprint density at radius 1 is 1.05 bits per heavy atom. The lowest BCUT2D eigenvalue weighted by molar-refractivity contribution is 0.0694. The molecule has 0 spiro atoms. The van der Waals surface area contributed by atoms with Gasteiger partial charge in [-0.3, -0.25) is 9.36 Å². The molecular weight excluding hydrogens is 510 g/mol. The number of aromatic amines is 1. The summed E-state index contributed by atoms with van der Waals surface area (Å²) in [6.07, 6.45) is 2.08. The molecule has 1 amide bonds. The maximum absolute atomic E-state index is 13.4. The topological polar surface area (TPSA) is 93.1 Å². The summed E-state index contributed by atoms with van der Waals surface area (Å²) in [5.41, 5.74) is 5.50.